The highest BCUT2D eigenvalue weighted by atomic mass is 16.5. The van der Waals surface area contributed by atoms with E-state index < -0.39 is 12.0 Å². The molecule has 22 heavy (non-hydrogen) atoms. The van der Waals surface area contributed by atoms with Crippen LogP contribution in [0.4, 0.5) is 5.69 Å². The number of nitrogens with zero attached hydrogens (tertiary/aromatic N) is 2. The van der Waals surface area contributed by atoms with Crippen LogP contribution in [0, 0.1) is 0 Å². The lowest BCUT2D eigenvalue weighted by molar-refractivity contribution is -0.145. The van der Waals surface area contributed by atoms with Crippen molar-refractivity contribution in [2.24, 2.45) is 10.2 Å². The van der Waals surface area contributed by atoms with Gasteiger partial charge in [0.2, 0.25) is 0 Å². The summed E-state index contributed by atoms with van der Waals surface area (Å²) in [6.45, 7) is 3.66. The number of aliphatic hydroxyl groups excluding tert-OH is 1. The van der Waals surface area contributed by atoms with E-state index in [0.717, 1.165) is 0 Å². The van der Waals surface area contributed by atoms with Crippen LogP contribution in [0.2, 0.25) is 0 Å². The smallest absolute Gasteiger partial charge is 0.313 e. The summed E-state index contributed by atoms with van der Waals surface area (Å²) in [7, 11) is 0. The number of hydrogen-bond acceptors (Lipinski definition) is 7. The summed E-state index contributed by atoms with van der Waals surface area (Å²) in [4.78, 5) is 22.9. The molecule has 0 aliphatic rings. The minimum atomic E-state index is -0.713. The number of azo groups is 1. The summed E-state index contributed by atoms with van der Waals surface area (Å²) in [6, 6.07) is 6.02. The number of ketones is 1. The molecule has 1 unspecified atom stereocenters. The Morgan fingerprint density at radius 3 is 2.55 bits per heavy atom. The predicted octanol–water partition coefficient (Wildman–Crippen LogP) is 2.05. The molecule has 120 valence electrons. The molecule has 7 nitrogen and oxygen atoms in total. The molecule has 1 N–H and O–H groups in total. The van der Waals surface area contributed by atoms with Crippen LogP contribution in [0.1, 0.15) is 20.3 Å². The first-order valence-electron chi connectivity index (χ1n) is 6.99. The molecule has 1 aromatic rings. The molecule has 7 heteroatoms. The van der Waals surface area contributed by atoms with Gasteiger partial charge in [-0.1, -0.05) is 0 Å². The van der Waals surface area contributed by atoms with E-state index in [1.54, 1.807) is 38.1 Å². The molecule has 0 amide bonds. The summed E-state index contributed by atoms with van der Waals surface area (Å²) in [5, 5.41) is 16.5. The fourth-order valence-corrected chi connectivity index (χ4v) is 1.49. The number of carbonyl (C=O) groups is 2. The molecule has 0 aromatic heterocycles. The van der Waals surface area contributed by atoms with Gasteiger partial charge in [-0.3, -0.25) is 9.59 Å². The second-order valence-electron chi connectivity index (χ2n) is 4.41. The number of ether oxygens (including phenoxy) is 2. The van der Waals surface area contributed by atoms with Gasteiger partial charge in [0.15, 0.2) is 5.78 Å². The standard InChI is InChI=1S/C15H20N2O5/c1-3-21-15(20)10-14(19)11(2)16-17-12-4-6-13(7-5-12)22-9-8-18/h4-7,11,18H,3,8-10H2,1-2H3. The zero-order valence-corrected chi connectivity index (χ0v) is 12.7. The van der Waals surface area contributed by atoms with Gasteiger partial charge < -0.3 is 14.6 Å². The Hall–Kier alpha value is -2.28. The lowest BCUT2D eigenvalue weighted by Crippen LogP contribution is -2.19. The molecule has 0 aliphatic carbocycles. The summed E-state index contributed by atoms with van der Waals surface area (Å²) >= 11 is 0. The Kier molecular flexibility index (Phi) is 7.77. The highest BCUT2D eigenvalue weighted by molar-refractivity contribution is 5.98. The van der Waals surface area contributed by atoms with Crippen LogP contribution in [0.25, 0.3) is 0 Å². The van der Waals surface area contributed by atoms with Crippen LogP contribution < -0.4 is 4.74 Å². The van der Waals surface area contributed by atoms with Crippen molar-refractivity contribution >= 4 is 17.4 Å². The zero-order chi connectivity index (χ0) is 16.4. The van der Waals surface area contributed by atoms with Crippen molar-refractivity contribution in [1.82, 2.24) is 0 Å². The highest BCUT2D eigenvalue weighted by Crippen LogP contribution is 2.19. The normalized spacial score (nSPS) is 12.1. The van der Waals surface area contributed by atoms with E-state index in [1.807, 2.05) is 0 Å². The molecule has 0 radical (unpaired) electrons. The quantitative estimate of drug-likeness (QED) is 0.428. The summed E-state index contributed by atoms with van der Waals surface area (Å²) in [5.74, 6) is -0.288. The van der Waals surface area contributed by atoms with E-state index in [-0.39, 0.29) is 32.0 Å². The number of benzene rings is 1. The van der Waals surface area contributed by atoms with Gasteiger partial charge in [0.1, 0.15) is 24.8 Å². The summed E-state index contributed by atoms with van der Waals surface area (Å²) in [6.07, 6.45) is -0.304. The van der Waals surface area contributed by atoms with E-state index in [2.05, 4.69) is 10.2 Å². The molecule has 0 fully saturated rings. The minimum absolute atomic E-state index is 0.0540. The first kappa shape index (κ1) is 17.8. The molecule has 0 heterocycles. The Morgan fingerprint density at radius 1 is 1.27 bits per heavy atom. The number of hydrogen-bond donors (Lipinski definition) is 1. The predicted molar refractivity (Wildman–Crippen MR) is 79.3 cm³/mol. The van der Waals surface area contributed by atoms with Crippen LogP contribution >= 0.6 is 0 Å². The Labute approximate surface area is 129 Å². The average molecular weight is 308 g/mol. The van der Waals surface area contributed by atoms with Gasteiger partial charge in [0, 0.05) is 0 Å². The van der Waals surface area contributed by atoms with E-state index >= 15 is 0 Å². The molecule has 0 saturated heterocycles. The van der Waals surface area contributed by atoms with Crippen molar-refractivity contribution in [2.45, 2.75) is 26.3 Å². The van der Waals surface area contributed by atoms with E-state index in [0.29, 0.717) is 11.4 Å². The molecular weight excluding hydrogens is 288 g/mol. The first-order chi connectivity index (χ1) is 10.6. The fraction of sp³-hybridized carbons (Fsp3) is 0.467. The van der Waals surface area contributed by atoms with Crippen molar-refractivity contribution < 1.29 is 24.2 Å². The molecule has 0 saturated carbocycles. The van der Waals surface area contributed by atoms with Crippen LogP contribution in [-0.2, 0) is 14.3 Å². The van der Waals surface area contributed by atoms with E-state index in [4.69, 9.17) is 14.6 Å². The van der Waals surface area contributed by atoms with E-state index in [1.165, 1.54) is 0 Å². The van der Waals surface area contributed by atoms with Gasteiger partial charge in [-0.05, 0) is 38.1 Å². The Morgan fingerprint density at radius 2 is 1.95 bits per heavy atom. The number of carbonyl (C=O) groups excluding carboxylic acids is 2. The van der Waals surface area contributed by atoms with Gasteiger partial charge in [-0.2, -0.15) is 10.2 Å². The maximum absolute atomic E-state index is 11.7. The molecule has 1 aromatic carbocycles. The van der Waals surface area contributed by atoms with Gasteiger partial charge in [0.05, 0.1) is 18.9 Å². The van der Waals surface area contributed by atoms with Crippen LogP contribution in [-0.4, -0.2) is 42.7 Å². The van der Waals surface area contributed by atoms with Gasteiger partial charge >= 0.3 is 5.97 Å². The molecule has 1 rings (SSSR count). The molecule has 0 bridgehead atoms. The molecule has 0 spiro atoms. The summed E-state index contributed by atoms with van der Waals surface area (Å²) in [5.41, 5.74) is 0.562. The largest absolute Gasteiger partial charge is 0.491 e. The fourth-order valence-electron chi connectivity index (χ4n) is 1.49. The SMILES string of the molecule is CCOC(=O)CC(=O)C(C)N=Nc1ccc(OCCO)cc1. The highest BCUT2D eigenvalue weighted by Gasteiger charge is 2.16. The lowest BCUT2D eigenvalue weighted by Gasteiger charge is -2.05. The monoisotopic (exact) mass is 308 g/mol. The Bertz CT molecular complexity index is 513. The second kappa shape index (κ2) is 9.62. The van der Waals surface area contributed by atoms with Crippen LogP contribution in [0.5, 0.6) is 5.75 Å². The maximum Gasteiger partial charge on any atom is 0.313 e. The third kappa shape index (κ3) is 6.45. The van der Waals surface area contributed by atoms with Crippen molar-refractivity contribution in [3.63, 3.8) is 0 Å². The number of aliphatic hydroxyl groups is 1. The van der Waals surface area contributed by atoms with Gasteiger partial charge in [-0.25, -0.2) is 0 Å². The zero-order valence-electron chi connectivity index (χ0n) is 12.7. The Balaban J connectivity index is 2.52. The minimum Gasteiger partial charge on any atom is -0.491 e. The molecule has 0 aliphatic heterocycles. The third-order valence-electron chi connectivity index (χ3n) is 2.63. The average Bonchev–Trinajstić information content (AvgIpc) is 2.51. The lowest BCUT2D eigenvalue weighted by atomic mass is 10.2. The van der Waals surface area contributed by atoms with E-state index in [9.17, 15) is 9.59 Å². The number of Topliss-reactive ketones (excluding diaryl/α,β-unsaturated/α-hetero) is 1. The maximum atomic E-state index is 11.7. The first-order valence-corrected chi connectivity index (χ1v) is 6.99. The topological polar surface area (TPSA) is 97.6 Å². The van der Waals surface area contributed by atoms with Crippen molar-refractivity contribution in [3.05, 3.63) is 24.3 Å². The number of esters is 1. The van der Waals surface area contributed by atoms with Crippen molar-refractivity contribution in [3.8, 4) is 5.75 Å². The van der Waals surface area contributed by atoms with Crippen molar-refractivity contribution in [1.29, 1.82) is 0 Å². The third-order valence-corrected chi connectivity index (χ3v) is 2.63. The molecular formula is C15H20N2O5. The van der Waals surface area contributed by atoms with Crippen LogP contribution in [0.3, 0.4) is 0 Å². The van der Waals surface area contributed by atoms with Gasteiger partial charge in [-0.15, -0.1) is 0 Å². The molecule has 1 atom stereocenters. The number of rotatable bonds is 9. The summed E-state index contributed by atoms with van der Waals surface area (Å²) < 4.78 is 9.92. The second-order valence-corrected chi connectivity index (χ2v) is 4.41. The van der Waals surface area contributed by atoms with Crippen LogP contribution in [0.15, 0.2) is 34.5 Å². The van der Waals surface area contributed by atoms with Gasteiger partial charge in [0.25, 0.3) is 0 Å². The van der Waals surface area contributed by atoms with Crippen molar-refractivity contribution in [2.75, 3.05) is 19.8 Å².